The fraction of sp³-hybridized carbons (Fsp3) is 0.214. The van der Waals surface area contributed by atoms with Gasteiger partial charge in [0, 0.05) is 11.8 Å². The molecule has 0 bridgehead atoms. The second-order valence-electron chi connectivity index (χ2n) is 4.02. The first-order valence-electron chi connectivity index (χ1n) is 6.01. The monoisotopic (exact) mass is 269 g/mol. The van der Waals surface area contributed by atoms with Crippen molar-refractivity contribution in [3.8, 4) is 6.07 Å². The number of rotatable bonds is 3. The van der Waals surface area contributed by atoms with Crippen LogP contribution in [0.1, 0.15) is 12.7 Å². The standard InChI is InChI=1S/C14H11N3OS/c1-2-11-16-12-9-5-3-4-6-10(9)18-13(12)14(17-11)19-8-7-15/h3-6H,2,8H2,1H3. The quantitative estimate of drug-likeness (QED) is 0.537. The number of thioether (sulfide) groups is 1. The van der Waals surface area contributed by atoms with Crippen LogP contribution in [-0.2, 0) is 6.42 Å². The van der Waals surface area contributed by atoms with Crippen molar-refractivity contribution in [3.63, 3.8) is 0 Å². The predicted octanol–water partition coefficient (Wildman–Crippen LogP) is 3.55. The molecule has 4 nitrogen and oxygen atoms in total. The summed E-state index contributed by atoms with van der Waals surface area (Å²) in [5.74, 6) is 1.13. The Balaban J connectivity index is 2.31. The lowest BCUT2D eigenvalue weighted by atomic mass is 10.2. The van der Waals surface area contributed by atoms with Gasteiger partial charge in [-0.2, -0.15) is 5.26 Å². The molecule has 0 aliphatic carbocycles. The summed E-state index contributed by atoms with van der Waals surface area (Å²) in [7, 11) is 0. The third-order valence-corrected chi connectivity index (χ3v) is 3.65. The van der Waals surface area contributed by atoms with E-state index in [-0.39, 0.29) is 0 Å². The SMILES string of the molecule is CCc1nc(SCC#N)c2oc3ccccc3c2n1. The minimum Gasteiger partial charge on any atom is -0.451 e. The van der Waals surface area contributed by atoms with Gasteiger partial charge in [0.05, 0.1) is 11.8 Å². The molecule has 1 aromatic carbocycles. The number of aromatic nitrogens is 2. The van der Waals surface area contributed by atoms with Gasteiger partial charge in [-0.25, -0.2) is 9.97 Å². The van der Waals surface area contributed by atoms with E-state index in [0.717, 1.165) is 33.8 Å². The van der Waals surface area contributed by atoms with Crippen LogP contribution >= 0.6 is 11.8 Å². The maximum Gasteiger partial charge on any atom is 0.186 e. The summed E-state index contributed by atoms with van der Waals surface area (Å²) in [6, 6.07) is 9.92. The lowest BCUT2D eigenvalue weighted by Gasteiger charge is -2.01. The molecule has 0 aliphatic heterocycles. The summed E-state index contributed by atoms with van der Waals surface area (Å²) in [4.78, 5) is 9.01. The molecule has 0 atom stereocenters. The first kappa shape index (κ1) is 12.0. The highest BCUT2D eigenvalue weighted by Crippen LogP contribution is 2.32. The molecule has 0 aliphatic rings. The number of para-hydroxylation sites is 1. The van der Waals surface area contributed by atoms with Crippen molar-refractivity contribution in [1.82, 2.24) is 9.97 Å². The van der Waals surface area contributed by atoms with Crippen molar-refractivity contribution in [2.24, 2.45) is 0 Å². The Morgan fingerprint density at radius 1 is 1.32 bits per heavy atom. The van der Waals surface area contributed by atoms with Gasteiger partial charge in [0.15, 0.2) is 5.58 Å². The van der Waals surface area contributed by atoms with Crippen LogP contribution in [0.4, 0.5) is 0 Å². The Bertz CT molecular complexity index is 788. The third-order valence-electron chi connectivity index (χ3n) is 2.82. The Morgan fingerprint density at radius 3 is 2.95 bits per heavy atom. The molecule has 0 spiro atoms. The van der Waals surface area contributed by atoms with E-state index in [2.05, 4.69) is 16.0 Å². The molecule has 0 N–H and O–H groups in total. The van der Waals surface area contributed by atoms with Crippen LogP contribution in [-0.4, -0.2) is 15.7 Å². The number of aryl methyl sites for hydroxylation is 1. The number of hydrogen-bond acceptors (Lipinski definition) is 5. The van der Waals surface area contributed by atoms with Crippen LogP contribution < -0.4 is 0 Å². The van der Waals surface area contributed by atoms with E-state index >= 15 is 0 Å². The zero-order valence-corrected chi connectivity index (χ0v) is 11.2. The molecule has 19 heavy (non-hydrogen) atoms. The summed E-state index contributed by atoms with van der Waals surface area (Å²) in [6.45, 7) is 2.02. The summed E-state index contributed by atoms with van der Waals surface area (Å²) in [5, 5.41) is 10.5. The van der Waals surface area contributed by atoms with E-state index in [0.29, 0.717) is 11.3 Å². The molecule has 0 radical (unpaired) electrons. The number of nitriles is 1. The zero-order chi connectivity index (χ0) is 13.2. The number of furan rings is 1. The normalized spacial score (nSPS) is 10.9. The smallest absolute Gasteiger partial charge is 0.186 e. The van der Waals surface area contributed by atoms with E-state index in [1.165, 1.54) is 11.8 Å². The second-order valence-corrected chi connectivity index (χ2v) is 4.99. The number of fused-ring (bicyclic) bond motifs is 3. The molecule has 94 valence electrons. The fourth-order valence-corrected chi connectivity index (χ4v) is 2.61. The first-order valence-corrected chi connectivity index (χ1v) is 7.00. The molecule has 0 unspecified atom stereocenters. The lowest BCUT2D eigenvalue weighted by molar-refractivity contribution is 0.651. The molecule has 0 saturated carbocycles. The third kappa shape index (κ3) is 2.04. The molecule has 0 amide bonds. The molecular formula is C14H11N3OS. The van der Waals surface area contributed by atoms with E-state index in [1.54, 1.807) is 0 Å². The fourth-order valence-electron chi connectivity index (χ4n) is 1.97. The maximum atomic E-state index is 8.72. The highest BCUT2D eigenvalue weighted by molar-refractivity contribution is 7.99. The number of nitrogens with zero attached hydrogens (tertiary/aromatic N) is 3. The average Bonchev–Trinajstić information content (AvgIpc) is 2.83. The number of hydrogen-bond donors (Lipinski definition) is 0. The molecule has 2 aromatic heterocycles. The maximum absolute atomic E-state index is 8.72. The van der Waals surface area contributed by atoms with Crippen molar-refractivity contribution in [2.75, 3.05) is 5.75 Å². The molecule has 5 heteroatoms. The minimum atomic E-state index is 0.353. The Morgan fingerprint density at radius 2 is 2.16 bits per heavy atom. The summed E-state index contributed by atoms with van der Waals surface area (Å²) in [6.07, 6.45) is 0.759. The van der Waals surface area contributed by atoms with E-state index in [4.69, 9.17) is 9.68 Å². The molecular weight excluding hydrogens is 258 g/mol. The second kappa shape index (κ2) is 4.90. The van der Waals surface area contributed by atoms with Gasteiger partial charge in [-0.15, -0.1) is 0 Å². The lowest BCUT2D eigenvalue weighted by Crippen LogP contribution is -1.95. The van der Waals surface area contributed by atoms with Crippen molar-refractivity contribution < 1.29 is 4.42 Å². The van der Waals surface area contributed by atoms with Gasteiger partial charge < -0.3 is 4.42 Å². The first-order chi connectivity index (χ1) is 9.33. The van der Waals surface area contributed by atoms with E-state index in [9.17, 15) is 0 Å². The van der Waals surface area contributed by atoms with Crippen LogP contribution in [0.25, 0.3) is 22.1 Å². The van der Waals surface area contributed by atoms with Gasteiger partial charge in [0.2, 0.25) is 0 Å². The average molecular weight is 269 g/mol. The van der Waals surface area contributed by atoms with Gasteiger partial charge in [-0.1, -0.05) is 30.8 Å². The van der Waals surface area contributed by atoms with Crippen LogP contribution in [0, 0.1) is 11.3 Å². The minimum absolute atomic E-state index is 0.353. The molecule has 0 saturated heterocycles. The van der Waals surface area contributed by atoms with Crippen LogP contribution in [0.3, 0.4) is 0 Å². The molecule has 3 aromatic rings. The summed E-state index contributed by atoms with van der Waals surface area (Å²) < 4.78 is 5.82. The topological polar surface area (TPSA) is 62.7 Å². The molecule has 0 fully saturated rings. The van der Waals surface area contributed by atoms with E-state index < -0.39 is 0 Å². The van der Waals surface area contributed by atoms with Gasteiger partial charge in [-0.3, -0.25) is 0 Å². The number of benzene rings is 1. The van der Waals surface area contributed by atoms with Gasteiger partial charge in [-0.05, 0) is 12.1 Å². The van der Waals surface area contributed by atoms with Crippen LogP contribution in [0.5, 0.6) is 0 Å². The van der Waals surface area contributed by atoms with Gasteiger partial charge in [0.25, 0.3) is 0 Å². The largest absolute Gasteiger partial charge is 0.451 e. The summed E-state index contributed by atoms with van der Waals surface area (Å²) >= 11 is 1.39. The molecule has 2 heterocycles. The Kier molecular flexibility index (Phi) is 3.10. The zero-order valence-electron chi connectivity index (χ0n) is 10.4. The molecule has 3 rings (SSSR count). The van der Waals surface area contributed by atoms with Crippen molar-refractivity contribution >= 4 is 33.8 Å². The predicted molar refractivity (Wildman–Crippen MR) is 75.0 cm³/mol. The van der Waals surface area contributed by atoms with Crippen molar-refractivity contribution in [3.05, 3.63) is 30.1 Å². The summed E-state index contributed by atoms with van der Waals surface area (Å²) in [5.41, 5.74) is 2.32. The highest BCUT2D eigenvalue weighted by Gasteiger charge is 2.15. The highest BCUT2D eigenvalue weighted by atomic mass is 32.2. The van der Waals surface area contributed by atoms with Crippen molar-refractivity contribution in [2.45, 2.75) is 18.4 Å². The van der Waals surface area contributed by atoms with Crippen molar-refractivity contribution in [1.29, 1.82) is 5.26 Å². The van der Waals surface area contributed by atoms with Crippen LogP contribution in [0.15, 0.2) is 33.7 Å². The van der Waals surface area contributed by atoms with Crippen LogP contribution in [0.2, 0.25) is 0 Å². The Hall–Kier alpha value is -2.06. The van der Waals surface area contributed by atoms with Gasteiger partial charge >= 0.3 is 0 Å². The Labute approximate surface area is 114 Å². The van der Waals surface area contributed by atoms with Gasteiger partial charge in [0.1, 0.15) is 22.0 Å². The van der Waals surface area contributed by atoms with E-state index in [1.807, 2.05) is 31.2 Å².